The van der Waals surface area contributed by atoms with Crippen molar-refractivity contribution in [1.29, 1.82) is 0 Å². The van der Waals surface area contributed by atoms with E-state index < -0.39 is 0 Å². The minimum atomic E-state index is -0.229. The van der Waals surface area contributed by atoms with Crippen LogP contribution in [0.25, 0.3) is 21.9 Å². The molecule has 2 aromatic heterocycles. The first-order chi connectivity index (χ1) is 9.69. The fraction of sp³-hybridized carbons (Fsp3) is 0.0714. The van der Waals surface area contributed by atoms with E-state index in [0.717, 1.165) is 16.5 Å². The maximum Gasteiger partial charge on any atom is 0.272 e. The molecular formula is C14H11ClN4O. The molecule has 0 saturated heterocycles. The molecule has 0 atom stereocenters. The average molecular weight is 287 g/mol. The number of hydrogen-bond donors (Lipinski definition) is 2. The van der Waals surface area contributed by atoms with Crippen LogP contribution in [0.2, 0.25) is 5.02 Å². The zero-order valence-corrected chi connectivity index (χ0v) is 11.2. The van der Waals surface area contributed by atoms with Crippen LogP contribution in [0.1, 0.15) is 5.69 Å². The molecule has 3 rings (SSSR count). The van der Waals surface area contributed by atoms with Crippen LogP contribution >= 0.6 is 11.6 Å². The van der Waals surface area contributed by atoms with Gasteiger partial charge in [-0.1, -0.05) is 17.7 Å². The lowest BCUT2D eigenvalue weighted by Crippen LogP contribution is -2.13. The third kappa shape index (κ3) is 2.17. The first-order valence-electron chi connectivity index (χ1n) is 6.01. The van der Waals surface area contributed by atoms with E-state index >= 15 is 0 Å². The number of halogens is 1. The molecule has 100 valence electrons. The zero-order chi connectivity index (χ0) is 14.1. The second kappa shape index (κ2) is 5.03. The zero-order valence-electron chi connectivity index (χ0n) is 10.4. The van der Waals surface area contributed by atoms with Gasteiger partial charge < -0.3 is 5.73 Å². The second-order valence-corrected chi connectivity index (χ2v) is 4.79. The Morgan fingerprint density at radius 3 is 2.75 bits per heavy atom. The fourth-order valence-corrected chi connectivity index (χ4v) is 2.30. The SMILES string of the molecule is NCc1n[nH]c(=O)c2ccc(-c3cncc(Cl)c3)cc12. The number of aromatic nitrogens is 3. The monoisotopic (exact) mass is 286 g/mol. The van der Waals surface area contributed by atoms with Crippen molar-refractivity contribution < 1.29 is 0 Å². The molecule has 3 aromatic rings. The summed E-state index contributed by atoms with van der Waals surface area (Å²) in [5, 5.41) is 8.29. The Morgan fingerprint density at radius 2 is 2.00 bits per heavy atom. The Morgan fingerprint density at radius 1 is 1.15 bits per heavy atom. The van der Waals surface area contributed by atoms with E-state index in [1.807, 2.05) is 18.2 Å². The molecule has 0 aliphatic rings. The maximum absolute atomic E-state index is 11.8. The normalized spacial score (nSPS) is 10.9. The summed E-state index contributed by atoms with van der Waals surface area (Å²) in [6, 6.07) is 7.31. The van der Waals surface area contributed by atoms with Crippen molar-refractivity contribution in [3.63, 3.8) is 0 Å². The molecule has 0 amide bonds. The summed E-state index contributed by atoms with van der Waals surface area (Å²) in [7, 11) is 0. The molecule has 0 radical (unpaired) electrons. The lowest BCUT2D eigenvalue weighted by Gasteiger charge is -2.06. The van der Waals surface area contributed by atoms with E-state index in [1.54, 1.807) is 18.5 Å². The number of nitrogens with zero attached hydrogens (tertiary/aromatic N) is 2. The Bertz CT molecular complexity index is 844. The van der Waals surface area contributed by atoms with Crippen LogP contribution in [-0.2, 0) is 6.54 Å². The summed E-state index contributed by atoms with van der Waals surface area (Å²) < 4.78 is 0. The van der Waals surface area contributed by atoms with Gasteiger partial charge >= 0.3 is 0 Å². The molecule has 0 bridgehead atoms. The number of rotatable bonds is 2. The number of pyridine rings is 1. The van der Waals surface area contributed by atoms with Gasteiger partial charge in [0.25, 0.3) is 5.56 Å². The largest absolute Gasteiger partial charge is 0.325 e. The Labute approximate surface area is 119 Å². The van der Waals surface area contributed by atoms with Crippen LogP contribution in [0.15, 0.2) is 41.5 Å². The molecule has 0 aliphatic heterocycles. The third-order valence-corrected chi connectivity index (χ3v) is 3.31. The van der Waals surface area contributed by atoms with Crippen LogP contribution in [-0.4, -0.2) is 15.2 Å². The average Bonchev–Trinajstić information content (AvgIpc) is 2.47. The van der Waals surface area contributed by atoms with E-state index in [-0.39, 0.29) is 12.1 Å². The minimum absolute atomic E-state index is 0.229. The van der Waals surface area contributed by atoms with E-state index in [9.17, 15) is 4.79 Å². The molecule has 5 nitrogen and oxygen atoms in total. The van der Waals surface area contributed by atoms with Crippen LogP contribution in [0.4, 0.5) is 0 Å². The van der Waals surface area contributed by atoms with Crippen molar-refractivity contribution >= 4 is 22.4 Å². The highest BCUT2D eigenvalue weighted by Crippen LogP contribution is 2.25. The molecule has 1 aromatic carbocycles. The van der Waals surface area contributed by atoms with Crippen LogP contribution in [0, 0.1) is 0 Å². The number of fused-ring (bicyclic) bond motifs is 1. The van der Waals surface area contributed by atoms with E-state index in [4.69, 9.17) is 17.3 Å². The van der Waals surface area contributed by atoms with Crippen molar-refractivity contribution in [3.05, 3.63) is 57.7 Å². The first-order valence-corrected chi connectivity index (χ1v) is 6.39. The Kier molecular flexibility index (Phi) is 3.22. The first kappa shape index (κ1) is 12.8. The number of aromatic amines is 1. The number of H-pyrrole nitrogens is 1. The quantitative estimate of drug-likeness (QED) is 0.755. The minimum Gasteiger partial charge on any atom is -0.325 e. The number of hydrogen-bond acceptors (Lipinski definition) is 4. The summed E-state index contributed by atoms with van der Waals surface area (Å²) in [5.74, 6) is 0. The molecule has 3 N–H and O–H groups in total. The maximum atomic E-state index is 11.8. The highest BCUT2D eigenvalue weighted by atomic mass is 35.5. The van der Waals surface area contributed by atoms with Crippen molar-refractivity contribution in [3.8, 4) is 11.1 Å². The van der Waals surface area contributed by atoms with Gasteiger partial charge in [-0.3, -0.25) is 9.78 Å². The predicted octanol–water partition coefficient (Wildman–Crippen LogP) is 2.10. The van der Waals surface area contributed by atoms with E-state index in [0.29, 0.717) is 16.1 Å². The molecule has 6 heteroatoms. The van der Waals surface area contributed by atoms with Gasteiger partial charge in [-0.05, 0) is 23.8 Å². The lowest BCUT2D eigenvalue weighted by molar-refractivity contribution is 0.900. The molecule has 0 fully saturated rings. The van der Waals surface area contributed by atoms with Crippen molar-refractivity contribution in [2.24, 2.45) is 5.73 Å². The van der Waals surface area contributed by atoms with E-state index in [1.165, 1.54) is 0 Å². The highest BCUT2D eigenvalue weighted by Gasteiger charge is 2.07. The van der Waals surface area contributed by atoms with Gasteiger partial charge in [0.05, 0.1) is 16.1 Å². The smallest absolute Gasteiger partial charge is 0.272 e. The Balaban J connectivity index is 2.27. The third-order valence-electron chi connectivity index (χ3n) is 3.10. The second-order valence-electron chi connectivity index (χ2n) is 4.36. The summed E-state index contributed by atoms with van der Waals surface area (Å²) in [5.41, 5.74) is 7.87. The lowest BCUT2D eigenvalue weighted by atomic mass is 10.0. The van der Waals surface area contributed by atoms with Gasteiger partial charge in [0.15, 0.2) is 0 Å². The molecule has 0 aliphatic carbocycles. The summed E-state index contributed by atoms with van der Waals surface area (Å²) >= 11 is 5.95. The molecule has 20 heavy (non-hydrogen) atoms. The Hall–Kier alpha value is -2.24. The van der Waals surface area contributed by atoms with Crippen LogP contribution < -0.4 is 11.3 Å². The summed E-state index contributed by atoms with van der Waals surface area (Å²) in [4.78, 5) is 15.8. The van der Waals surface area contributed by atoms with Crippen molar-refractivity contribution in [2.75, 3.05) is 0 Å². The topological polar surface area (TPSA) is 84.7 Å². The highest BCUT2D eigenvalue weighted by molar-refractivity contribution is 6.30. The molecule has 0 spiro atoms. The predicted molar refractivity (Wildman–Crippen MR) is 78.5 cm³/mol. The number of benzene rings is 1. The molecule has 2 heterocycles. The van der Waals surface area contributed by atoms with Crippen LogP contribution in [0.5, 0.6) is 0 Å². The summed E-state index contributed by atoms with van der Waals surface area (Å²) in [6.45, 7) is 0.254. The van der Waals surface area contributed by atoms with Crippen molar-refractivity contribution in [2.45, 2.75) is 6.54 Å². The van der Waals surface area contributed by atoms with Gasteiger partial charge in [0.2, 0.25) is 0 Å². The van der Waals surface area contributed by atoms with Gasteiger partial charge in [-0.25, -0.2) is 5.10 Å². The van der Waals surface area contributed by atoms with Gasteiger partial charge in [-0.2, -0.15) is 5.10 Å². The van der Waals surface area contributed by atoms with Gasteiger partial charge in [0.1, 0.15) is 0 Å². The standard InChI is InChI=1S/C14H11ClN4O/c15-10-3-9(6-17-7-10)8-1-2-11-12(4-8)13(5-16)18-19-14(11)20/h1-4,6-7H,5,16H2,(H,19,20). The number of nitrogens with one attached hydrogen (secondary N) is 1. The molecule has 0 saturated carbocycles. The van der Waals surface area contributed by atoms with Crippen LogP contribution in [0.3, 0.4) is 0 Å². The molecular weight excluding hydrogens is 276 g/mol. The fourth-order valence-electron chi connectivity index (χ4n) is 2.12. The van der Waals surface area contributed by atoms with Crippen molar-refractivity contribution in [1.82, 2.24) is 15.2 Å². The number of nitrogens with two attached hydrogens (primary N) is 1. The summed E-state index contributed by atoms with van der Waals surface area (Å²) in [6.07, 6.45) is 3.29. The van der Waals surface area contributed by atoms with Gasteiger partial charge in [0, 0.05) is 29.9 Å². The van der Waals surface area contributed by atoms with E-state index in [2.05, 4.69) is 15.2 Å². The van der Waals surface area contributed by atoms with Gasteiger partial charge in [-0.15, -0.1) is 0 Å². The molecule has 0 unspecified atom stereocenters.